The first kappa shape index (κ1) is 20.8. The van der Waals surface area contributed by atoms with Crippen molar-refractivity contribution in [2.75, 3.05) is 0 Å². The van der Waals surface area contributed by atoms with E-state index in [9.17, 15) is 14.9 Å². The molecule has 0 aliphatic carbocycles. The summed E-state index contributed by atoms with van der Waals surface area (Å²) in [5.74, 6) is -0.482. The molecule has 138 valence electrons. The molecule has 0 bridgehead atoms. The van der Waals surface area contributed by atoms with Crippen molar-refractivity contribution in [2.45, 2.75) is 6.61 Å². The molecular weight excluding hydrogens is 457 g/mol. The molecule has 2 aromatic carbocycles. The molecule has 6 nitrogen and oxygen atoms in total. The summed E-state index contributed by atoms with van der Waals surface area (Å²) in [7, 11) is 0. The van der Waals surface area contributed by atoms with Crippen LogP contribution in [0.15, 0.2) is 46.4 Å². The van der Waals surface area contributed by atoms with Crippen LogP contribution in [0, 0.1) is 11.3 Å². The number of amides is 3. The molecule has 2 aromatic rings. The van der Waals surface area contributed by atoms with Gasteiger partial charge in [-0.1, -0.05) is 45.2 Å². The largest absolute Gasteiger partial charge is 0.488 e. The average Bonchev–Trinajstić information content (AvgIpc) is 2.61. The molecule has 0 saturated carbocycles. The third-order valence-electron chi connectivity index (χ3n) is 3.25. The zero-order valence-electron chi connectivity index (χ0n) is 13.6. The molecule has 0 spiro atoms. The maximum absolute atomic E-state index is 11.9. The normalized spacial score (nSPS) is 10.8. The highest BCUT2D eigenvalue weighted by molar-refractivity contribution is 9.10. The van der Waals surface area contributed by atoms with Gasteiger partial charge in [-0.3, -0.25) is 10.1 Å². The van der Waals surface area contributed by atoms with Crippen molar-refractivity contribution < 1.29 is 14.3 Å². The minimum atomic E-state index is -1.05. The van der Waals surface area contributed by atoms with Crippen molar-refractivity contribution >= 4 is 57.1 Å². The Morgan fingerprint density at radius 2 is 1.96 bits per heavy atom. The number of halogens is 3. The fourth-order valence-electron chi connectivity index (χ4n) is 2.04. The van der Waals surface area contributed by atoms with E-state index in [0.29, 0.717) is 25.8 Å². The van der Waals surface area contributed by atoms with Crippen LogP contribution in [0.25, 0.3) is 6.08 Å². The van der Waals surface area contributed by atoms with Crippen molar-refractivity contribution in [3.05, 3.63) is 67.6 Å². The van der Waals surface area contributed by atoms with Crippen LogP contribution in [0.1, 0.15) is 11.1 Å². The molecule has 0 aliphatic heterocycles. The molecule has 0 fully saturated rings. The third kappa shape index (κ3) is 6.00. The van der Waals surface area contributed by atoms with Gasteiger partial charge in [0.05, 0.1) is 10.0 Å². The summed E-state index contributed by atoms with van der Waals surface area (Å²) in [6.45, 7) is 0.189. The van der Waals surface area contributed by atoms with E-state index in [1.165, 1.54) is 6.08 Å². The number of carbonyl (C=O) groups is 2. The van der Waals surface area contributed by atoms with Gasteiger partial charge in [-0.05, 0) is 42.0 Å². The Morgan fingerprint density at radius 3 is 2.59 bits per heavy atom. The van der Waals surface area contributed by atoms with Gasteiger partial charge < -0.3 is 10.5 Å². The molecule has 0 unspecified atom stereocenters. The maximum atomic E-state index is 11.9. The van der Waals surface area contributed by atoms with Crippen LogP contribution in [-0.2, 0) is 11.4 Å². The van der Waals surface area contributed by atoms with E-state index in [1.807, 2.05) is 5.32 Å². The van der Waals surface area contributed by atoms with E-state index >= 15 is 0 Å². The molecule has 9 heteroatoms. The van der Waals surface area contributed by atoms with Gasteiger partial charge in [-0.15, -0.1) is 0 Å². The Kier molecular flexibility index (Phi) is 7.25. The topological polar surface area (TPSA) is 105 Å². The zero-order chi connectivity index (χ0) is 20.0. The number of imide groups is 1. The van der Waals surface area contributed by atoms with E-state index in [2.05, 4.69) is 15.9 Å². The van der Waals surface area contributed by atoms with Gasteiger partial charge >= 0.3 is 6.03 Å². The lowest BCUT2D eigenvalue weighted by Gasteiger charge is -2.11. The number of hydrogen-bond donors (Lipinski definition) is 2. The first-order valence-corrected chi connectivity index (χ1v) is 8.94. The van der Waals surface area contributed by atoms with Crippen molar-refractivity contribution in [2.24, 2.45) is 5.73 Å². The fraction of sp³-hybridized carbons (Fsp3) is 0.0556. The van der Waals surface area contributed by atoms with Gasteiger partial charge in [0.15, 0.2) is 0 Å². The number of carbonyl (C=O) groups excluding carboxylic acids is 2. The third-order valence-corrected chi connectivity index (χ3v) is 4.48. The molecule has 0 radical (unpaired) electrons. The minimum absolute atomic E-state index is 0.189. The Bertz CT molecular complexity index is 971. The monoisotopic (exact) mass is 467 g/mol. The number of nitrogens with zero attached hydrogens (tertiary/aromatic N) is 1. The molecule has 0 aliphatic rings. The molecule has 3 N–H and O–H groups in total. The number of ether oxygens (including phenoxy) is 1. The smallest absolute Gasteiger partial charge is 0.319 e. The Hall–Kier alpha value is -2.53. The summed E-state index contributed by atoms with van der Waals surface area (Å²) < 4.78 is 6.49. The highest BCUT2D eigenvalue weighted by atomic mass is 79.9. The van der Waals surface area contributed by atoms with E-state index < -0.39 is 11.9 Å². The second-order valence-electron chi connectivity index (χ2n) is 5.21. The highest BCUT2D eigenvalue weighted by Gasteiger charge is 2.13. The van der Waals surface area contributed by atoms with Gasteiger partial charge in [0.25, 0.3) is 5.91 Å². The summed E-state index contributed by atoms with van der Waals surface area (Å²) in [5, 5.41) is 11.9. The molecule has 0 atom stereocenters. The number of urea groups is 1. The SMILES string of the molecule is N#C/C(=C/c1cc(Br)ccc1OCc1ccc(Cl)c(Cl)c1)C(=O)NC(N)=O. The zero-order valence-corrected chi connectivity index (χ0v) is 16.7. The molecule has 27 heavy (non-hydrogen) atoms. The van der Waals surface area contributed by atoms with Gasteiger partial charge in [0.1, 0.15) is 24.0 Å². The quantitative estimate of drug-likeness (QED) is 0.499. The van der Waals surface area contributed by atoms with Crippen LogP contribution < -0.4 is 15.8 Å². The van der Waals surface area contributed by atoms with Crippen LogP contribution in [0.4, 0.5) is 4.79 Å². The molecular formula is C18H12BrCl2N3O3. The highest BCUT2D eigenvalue weighted by Crippen LogP contribution is 2.28. The van der Waals surface area contributed by atoms with Crippen molar-refractivity contribution in [1.29, 1.82) is 5.26 Å². The second kappa shape index (κ2) is 9.42. The number of nitrogens with two attached hydrogens (primary N) is 1. The summed E-state index contributed by atoms with van der Waals surface area (Å²) >= 11 is 15.2. The molecule has 0 heterocycles. The second-order valence-corrected chi connectivity index (χ2v) is 6.94. The predicted molar refractivity (Wildman–Crippen MR) is 106 cm³/mol. The first-order valence-electron chi connectivity index (χ1n) is 7.39. The van der Waals surface area contributed by atoms with E-state index in [0.717, 1.165) is 5.56 Å². The van der Waals surface area contributed by atoms with E-state index in [-0.39, 0.29) is 12.2 Å². The summed E-state index contributed by atoms with van der Waals surface area (Å²) in [6, 6.07) is 10.9. The molecule has 0 aromatic heterocycles. The summed E-state index contributed by atoms with van der Waals surface area (Å²) in [5.41, 5.74) is 5.85. The lowest BCUT2D eigenvalue weighted by molar-refractivity contribution is -0.115. The van der Waals surface area contributed by atoms with Crippen LogP contribution >= 0.6 is 39.1 Å². The van der Waals surface area contributed by atoms with Crippen molar-refractivity contribution in [3.63, 3.8) is 0 Å². The number of primary amides is 1. The van der Waals surface area contributed by atoms with E-state index in [1.54, 1.807) is 42.5 Å². The Morgan fingerprint density at radius 1 is 1.22 bits per heavy atom. The van der Waals surface area contributed by atoms with Crippen LogP contribution in [0.5, 0.6) is 5.75 Å². The lowest BCUT2D eigenvalue weighted by atomic mass is 10.1. The summed E-state index contributed by atoms with van der Waals surface area (Å²) in [4.78, 5) is 22.7. The first-order chi connectivity index (χ1) is 12.8. The molecule has 2 rings (SSSR count). The van der Waals surface area contributed by atoms with Crippen molar-refractivity contribution in [1.82, 2.24) is 5.32 Å². The maximum Gasteiger partial charge on any atom is 0.319 e. The lowest BCUT2D eigenvalue weighted by Crippen LogP contribution is -2.35. The number of rotatable bonds is 5. The average molecular weight is 469 g/mol. The summed E-state index contributed by atoms with van der Waals surface area (Å²) in [6.07, 6.45) is 1.30. The number of nitriles is 1. The van der Waals surface area contributed by atoms with Crippen LogP contribution in [-0.4, -0.2) is 11.9 Å². The number of nitrogens with one attached hydrogen (secondary N) is 1. The van der Waals surface area contributed by atoms with E-state index in [4.69, 9.17) is 33.7 Å². The minimum Gasteiger partial charge on any atom is -0.488 e. The Labute approximate surface area is 173 Å². The molecule has 0 saturated heterocycles. The van der Waals surface area contributed by atoms with Gasteiger partial charge in [0.2, 0.25) is 0 Å². The number of hydrogen-bond acceptors (Lipinski definition) is 4. The predicted octanol–water partition coefficient (Wildman–Crippen LogP) is 4.44. The van der Waals surface area contributed by atoms with Gasteiger partial charge in [0, 0.05) is 10.0 Å². The van der Waals surface area contributed by atoms with Crippen LogP contribution in [0.3, 0.4) is 0 Å². The molecule has 3 amide bonds. The van der Waals surface area contributed by atoms with Crippen molar-refractivity contribution in [3.8, 4) is 11.8 Å². The number of benzene rings is 2. The Balaban J connectivity index is 2.29. The van der Waals surface area contributed by atoms with Gasteiger partial charge in [-0.25, -0.2) is 4.79 Å². The standard InChI is InChI=1S/C18H12BrCl2N3O3/c19-13-2-4-16(27-9-10-1-3-14(20)15(21)5-10)11(7-13)6-12(8-22)17(25)24-18(23)26/h1-7H,9H2,(H3,23,24,25,26)/b12-6-. The van der Waals surface area contributed by atoms with Crippen LogP contribution in [0.2, 0.25) is 10.0 Å². The van der Waals surface area contributed by atoms with Gasteiger partial charge in [-0.2, -0.15) is 5.26 Å². The fourth-order valence-corrected chi connectivity index (χ4v) is 2.74.